The quantitative estimate of drug-likeness (QED) is 0.772. The molecule has 0 aliphatic rings. The van der Waals surface area contributed by atoms with Gasteiger partial charge < -0.3 is 14.3 Å². The van der Waals surface area contributed by atoms with Gasteiger partial charge in [0.2, 0.25) is 5.91 Å². The highest BCUT2D eigenvalue weighted by Crippen LogP contribution is 2.20. The number of aromatic nitrogens is 1. The van der Waals surface area contributed by atoms with Gasteiger partial charge in [-0.15, -0.1) is 0 Å². The molecule has 130 valence electrons. The lowest BCUT2D eigenvalue weighted by Crippen LogP contribution is -2.31. The van der Waals surface area contributed by atoms with Crippen LogP contribution in [0.1, 0.15) is 35.8 Å². The molecular formula is C20H22N2O3. The molecule has 25 heavy (non-hydrogen) atoms. The molecule has 3 rings (SSSR count). The topological polar surface area (TPSA) is 66.3 Å². The van der Waals surface area contributed by atoms with Gasteiger partial charge in [0.05, 0.1) is 24.9 Å². The van der Waals surface area contributed by atoms with Crippen LogP contribution in [-0.4, -0.2) is 15.8 Å². The molecule has 1 aromatic carbocycles. The third-order valence-electron chi connectivity index (χ3n) is 4.46. The number of nitrogens with zero attached hydrogens (tertiary/aromatic N) is 1. The maximum atomic E-state index is 12.5. The first-order valence-corrected chi connectivity index (χ1v) is 8.42. The monoisotopic (exact) mass is 338 g/mol. The highest BCUT2D eigenvalue weighted by atomic mass is 16.3. The number of carbonyl (C=O) groups is 1. The number of furan rings is 1. The lowest BCUT2D eigenvalue weighted by Gasteiger charge is -2.21. The number of aryl methyl sites for hydroxylation is 2. The van der Waals surface area contributed by atoms with Crippen LogP contribution < -0.4 is 5.56 Å². The van der Waals surface area contributed by atoms with Gasteiger partial charge >= 0.3 is 0 Å². The van der Waals surface area contributed by atoms with Crippen LogP contribution in [0, 0.1) is 13.8 Å². The van der Waals surface area contributed by atoms with E-state index in [4.69, 9.17) is 4.42 Å². The number of fused-ring (bicyclic) bond motifs is 1. The maximum absolute atomic E-state index is 12.5. The van der Waals surface area contributed by atoms with Crippen molar-refractivity contribution in [1.29, 1.82) is 0 Å². The van der Waals surface area contributed by atoms with Crippen molar-refractivity contribution in [1.82, 2.24) is 9.88 Å². The first kappa shape index (κ1) is 17.0. The number of pyridine rings is 1. The van der Waals surface area contributed by atoms with Crippen LogP contribution in [0.3, 0.4) is 0 Å². The summed E-state index contributed by atoms with van der Waals surface area (Å²) in [7, 11) is 0. The molecule has 0 aliphatic carbocycles. The van der Waals surface area contributed by atoms with Crippen molar-refractivity contribution >= 4 is 16.8 Å². The van der Waals surface area contributed by atoms with Crippen molar-refractivity contribution in [2.45, 2.75) is 40.3 Å². The fourth-order valence-electron chi connectivity index (χ4n) is 2.99. The van der Waals surface area contributed by atoms with Crippen molar-refractivity contribution in [2.75, 3.05) is 0 Å². The molecule has 0 atom stereocenters. The summed E-state index contributed by atoms with van der Waals surface area (Å²) >= 11 is 0. The third kappa shape index (κ3) is 3.50. The number of H-pyrrole nitrogens is 1. The van der Waals surface area contributed by atoms with Gasteiger partial charge in [-0.25, -0.2) is 0 Å². The molecule has 2 heterocycles. The van der Waals surface area contributed by atoms with Crippen LogP contribution in [-0.2, 0) is 17.9 Å². The minimum Gasteiger partial charge on any atom is -0.467 e. The molecule has 0 saturated heterocycles. The third-order valence-corrected chi connectivity index (χ3v) is 4.46. The zero-order valence-corrected chi connectivity index (χ0v) is 14.8. The Morgan fingerprint density at radius 3 is 2.60 bits per heavy atom. The van der Waals surface area contributed by atoms with E-state index >= 15 is 0 Å². The Bertz CT molecular complexity index is 955. The van der Waals surface area contributed by atoms with Gasteiger partial charge in [-0.1, -0.05) is 19.1 Å². The first-order valence-electron chi connectivity index (χ1n) is 8.42. The molecule has 0 bridgehead atoms. The van der Waals surface area contributed by atoms with Gasteiger partial charge in [0, 0.05) is 17.4 Å². The second kappa shape index (κ2) is 6.97. The summed E-state index contributed by atoms with van der Waals surface area (Å²) in [4.78, 5) is 29.5. The number of hydrogen-bond acceptors (Lipinski definition) is 3. The van der Waals surface area contributed by atoms with Gasteiger partial charge in [0.15, 0.2) is 0 Å². The minimum absolute atomic E-state index is 0.0168. The summed E-state index contributed by atoms with van der Waals surface area (Å²) in [5.74, 6) is 0.683. The van der Waals surface area contributed by atoms with Gasteiger partial charge in [-0.2, -0.15) is 0 Å². The van der Waals surface area contributed by atoms with E-state index in [0.717, 1.165) is 22.0 Å². The molecule has 0 unspecified atom stereocenters. The fourth-order valence-corrected chi connectivity index (χ4v) is 2.99. The number of rotatable bonds is 5. The molecule has 5 nitrogen and oxygen atoms in total. The average molecular weight is 338 g/mol. The second-order valence-electron chi connectivity index (χ2n) is 6.29. The van der Waals surface area contributed by atoms with Crippen molar-refractivity contribution < 1.29 is 9.21 Å². The number of hydrogen-bond donors (Lipinski definition) is 1. The van der Waals surface area contributed by atoms with Crippen LogP contribution in [0.25, 0.3) is 10.9 Å². The Morgan fingerprint density at radius 2 is 1.92 bits per heavy atom. The van der Waals surface area contributed by atoms with Crippen LogP contribution in [0.5, 0.6) is 0 Å². The predicted molar refractivity (Wildman–Crippen MR) is 97.3 cm³/mol. The van der Waals surface area contributed by atoms with Crippen LogP contribution in [0.15, 0.2) is 45.8 Å². The molecule has 5 heteroatoms. The Labute approximate surface area is 146 Å². The molecule has 0 radical (unpaired) electrons. The summed E-state index contributed by atoms with van der Waals surface area (Å²) in [6, 6.07) is 9.55. The van der Waals surface area contributed by atoms with Crippen molar-refractivity contribution in [3.63, 3.8) is 0 Å². The van der Waals surface area contributed by atoms with Crippen molar-refractivity contribution in [3.8, 4) is 0 Å². The van der Waals surface area contributed by atoms with Gasteiger partial charge in [0.1, 0.15) is 5.76 Å². The van der Waals surface area contributed by atoms with E-state index in [-0.39, 0.29) is 18.0 Å². The average Bonchev–Trinajstić information content (AvgIpc) is 3.11. The number of benzene rings is 1. The standard InChI is InChI=1S/C20H22N2O3/c1-4-18(23)22(12-16-6-5-9-25-16)11-15-10-17-13(2)7-8-14(3)19(17)21-20(15)24/h5-10H,4,11-12H2,1-3H3,(H,21,24). The maximum Gasteiger partial charge on any atom is 0.253 e. The summed E-state index contributed by atoms with van der Waals surface area (Å²) < 4.78 is 5.35. The first-order chi connectivity index (χ1) is 12.0. The van der Waals surface area contributed by atoms with Crippen LogP contribution in [0.4, 0.5) is 0 Å². The van der Waals surface area contributed by atoms with E-state index < -0.39 is 0 Å². The second-order valence-corrected chi connectivity index (χ2v) is 6.29. The van der Waals surface area contributed by atoms with Crippen LogP contribution in [0.2, 0.25) is 0 Å². The normalized spacial score (nSPS) is 11.0. The molecule has 0 spiro atoms. The SMILES string of the molecule is CCC(=O)N(Cc1ccco1)Cc1cc2c(C)ccc(C)c2[nH]c1=O. The molecule has 3 aromatic rings. The zero-order valence-electron chi connectivity index (χ0n) is 14.8. The van der Waals surface area contributed by atoms with E-state index in [2.05, 4.69) is 4.98 Å². The van der Waals surface area contributed by atoms with E-state index in [0.29, 0.717) is 24.3 Å². The number of amides is 1. The Kier molecular flexibility index (Phi) is 4.74. The summed E-state index contributed by atoms with van der Waals surface area (Å²) in [5, 5.41) is 1.01. The van der Waals surface area contributed by atoms with Gasteiger partial charge in [0.25, 0.3) is 5.56 Å². The molecular weight excluding hydrogens is 316 g/mol. The molecule has 0 fully saturated rings. The summed E-state index contributed by atoms with van der Waals surface area (Å²) in [6.07, 6.45) is 1.96. The van der Waals surface area contributed by atoms with Gasteiger partial charge in [-0.3, -0.25) is 9.59 Å². The minimum atomic E-state index is -0.158. The fraction of sp³-hybridized carbons (Fsp3) is 0.300. The number of carbonyl (C=O) groups excluding carboxylic acids is 1. The highest BCUT2D eigenvalue weighted by molar-refractivity contribution is 5.85. The Balaban J connectivity index is 1.99. The molecule has 0 aliphatic heterocycles. The van der Waals surface area contributed by atoms with Gasteiger partial charge in [-0.05, 0) is 43.2 Å². The van der Waals surface area contributed by atoms with Crippen molar-refractivity contribution in [2.24, 2.45) is 0 Å². The molecule has 0 saturated carbocycles. The molecule has 1 N–H and O–H groups in total. The highest BCUT2D eigenvalue weighted by Gasteiger charge is 2.17. The zero-order chi connectivity index (χ0) is 18.0. The summed E-state index contributed by atoms with van der Waals surface area (Å²) in [6.45, 7) is 6.41. The van der Waals surface area contributed by atoms with E-state index in [1.165, 1.54) is 0 Å². The van der Waals surface area contributed by atoms with E-state index in [9.17, 15) is 9.59 Å². The molecule has 1 amide bonds. The predicted octanol–water partition coefficient (Wildman–Crippen LogP) is 3.68. The summed E-state index contributed by atoms with van der Waals surface area (Å²) in [5.41, 5.74) is 3.40. The Hall–Kier alpha value is -2.82. The molecule has 2 aromatic heterocycles. The van der Waals surface area contributed by atoms with E-state index in [1.54, 1.807) is 17.2 Å². The lowest BCUT2D eigenvalue weighted by molar-refractivity contribution is -0.132. The largest absolute Gasteiger partial charge is 0.467 e. The number of aromatic amines is 1. The van der Waals surface area contributed by atoms with E-state index in [1.807, 2.05) is 45.0 Å². The smallest absolute Gasteiger partial charge is 0.253 e. The van der Waals surface area contributed by atoms with Crippen LogP contribution >= 0.6 is 0 Å². The Morgan fingerprint density at radius 1 is 1.16 bits per heavy atom. The lowest BCUT2D eigenvalue weighted by atomic mass is 10.0. The number of nitrogens with one attached hydrogen (secondary N) is 1. The van der Waals surface area contributed by atoms with Crippen molar-refractivity contribution in [3.05, 3.63) is 69.4 Å².